The zero-order valence-corrected chi connectivity index (χ0v) is 65.7. The number of unbranched alkanes of at least 4 members (excludes halogenated alkanes) is 42. The molecule has 0 saturated carbocycles. The molecular weight excluding hydrogens is 1330 g/mol. The second-order valence-corrected chi connectivity index (χ2v) is 30.3. The van der Waals surface area contributed by atoms with Crippen molar-refractivity contribution in [1.29, 1.82) is 0 Å². The Labute approximate surface area is 636 Å². The Morgan fingerprint density at radius 2 is 0.657 bits per heavy atom. The van der Waals surface area contributed by atoms with E-state index in [-0.39, 0.29) is 18.9 Å². The number of carbonyl (C=O) groups excluding carboxylic acids is 1. The number of allylic oxidation sites excluding steroid dienone is 11. The quantitative estimate of drug-likeness (QED) is 0.0199. The molecule has 105 heavy (non-hydrogen) atoms. The molecule has 17 atom stereocenters. The Morgan fingerprint density at radius 3 is 1.03 bits per heavy atom. The van der Waals surface area contributed by atoms with Gasteiger partial charge in [0.05, 0.1) is 38.6 Å². The van der Waals surface area contributed by atoms with Gasteiger partial charge in [-0.15, -0.1) is 0 Å². The Bertz CT molecular complexity index is 2180. The molecule has 0 aliphatic carbocycles. The van der Waals surface area contributed by atoms with Gasteiger partial charge in [0.1, 0.15) is 73.2 Å². The van der Waals surface area contributed by atoms with Crippen LogP contribution in [0.2, 0.25) is 0 Å². The standard InChI is InChI=1S/C86H155NO18/c1-3-5-7-9-11-13-15-17-19-21-23-25-27-28-29-30-31-32-33-34-35-36-37-38-39-40-42-44-46-48-50-52-54-56-58-60-62-64-74(92)87-69(70(91)63-61-59-57-55-53-51-49-47-45-43-41-26-24-22-20-18-16-14-12-10-8-6-4-2)68-100-84-80(98)77(95)82(72(66-89)102-84)105-86-81(99)78(96)83(73(67-90)103-86)104-85-79(97)76(94)75(93)71(65-88)101-85/h5,7,11,13,17,19,23,25,28-29,61,63,69-73,75-86,88-91,93-99H,3-4,6,8-10,12,14-16,18,20-22,24,26-27,30-60,62,64-68H2,1-2H3,(H,87,92)/b7-5-,13-11-,19-17-,25-23-,29-28-,63-61+. The second kappa shape index (κ2) is 65.9. The lowest BCUT2D eigenvalue weighted by molar-refractivity contribution is -0.379. The topological polar surface area (TPSA) is 307 Å². The number of amides is 1. The van der Waals surface area contributed by atoms with Crippen molar-refractivity contribution in [1.82, 2.24) is 5.32 Å². The van der Waals surface area contributed by atoms with E-state index in [9.17, 15) is 61.0 Å². The van der Waals surface area contributed by atoms with Gasteiger partial charge in [0.2, 0.25) is 5.91 Å². The van der Waals surface area contributed by atoms with E-state index in [1.165, 1.54) is 231 Å². The lowest BCUT2D eigenvalue weighted by Gasteiger charge is -2.48. The lowest BCUT2D eigenvalue weighted by atomic mass is 9.96. The van der Waals surface area contributed by atoms with Crippen molar-refractivity contribution in [2.45, 2.75) is 439 Å². The Kier molecular flexibility index (Phi) is 60.5. The van der Waals surface area contributed by atoms with Gasteiger partial charge in [0.25, 0.3) is 0 Å². The molecule has 3 rings (SSSR count). The summed E-state index contributed by atoms with van der Waals surface area (Å²) in [5.41, 5.74) is 0. The molecule has 3 fully saturated rings. The third kappa shape index (κ3) is 45.4. The fraction of sp³-hybridized carbons (Fsp3) is 0.849. The summed E-state index contributed by atoms with van der Waals surface area (Å²) in [5, 5.41) is 121. The van der Waals surface area contributed by atoms with Crippen LogP contribution in [-0.2, 0) is 33.2 Å². The zero-order chi connectivity index (χ0) is 76.0. The molecule has 3 aliphatic heterocycles. The fourth-order valence-corrected chi connectivity index (χ4v) is 14.2. The highest BCUT2D eigenvalue weighted by Gasteiger charge is 2.54. The van der Waals surface area contributed by atoms with E-state index in [0.29, 0.717) is 6.42 Å². The first-order valence-electron chi connectivity index (χ1n) is 42.7. The van der Waals surface area contributed by atoms with Gasteiger partial charge >= 0.3 is 0 Å². The summed E-state index contributed by atoms with van der Waals surface area (Å²) < 4.78 is 34.5. The smallest absolute Gasteiger partial charge is 0.220 e. The molecular formula is C86H155NO18. The van der Waals surface area contributed by atoms with Crippen molar-refractivity contribution in [2.75, 3.05) is 26.4 Å². The van der Waals surface area contributed by atoms with Crippen molar-refractivity contribution in [3.8, 4) is 0 Å². The van der Waals surface area contributed by atoms with Gasteiger partial charge in [0.15, 0.2) is 18.9 Å². The van der Waals surface area contributed by atoms with Crippen molar-refractivity contribution in [2.24, 2.45) is 0 Å². The summed E-state index contributed by atoms with van der Waals surface area (Å²) in [7, 11) is 0. The van der Waals surface area contributed by atoms with Crippen LogP contribution in [0.1, 0.15) is 335 Å². The molecule has 19 heteroatoms. The average Bonchev–Trinajstić information content (AvgIpc) is 0.779. The van der Waals surface area contributed by atoms with Crippen LogP contribution in [0.15, 0.2) is 72.9 Å². The highest BCUT2D eigenvalue weighted by molar-refractivity contribution is 5.76. The molecule has 12 N–H and O–H groups in total. The number of nitrogens with one attached hydrogen (secondary N) is 1. The molecule has 0 aromatic carbocycles. The third-order valence-corrected chi connectivity index (χ3v) is 21.0. The average molecular weight is 1490 g/mol. The van der Waals surface area contributed by atoms with Gasteiger partial charge in [0, 0.05) is 6.42 Å². The number of hydrogen-bond donors (Lipinski definition) is 12. The molecule has 0 radical (unpaired) electrons. The molecule has 612 valence electrons. The minimum Gasteiger partial charge on any atom is -0.394 e. The highest BCUT2D eigenvalue weighted by Crippen LogP contribution is 2.33. The van der Waals surface area contributed by atoms with Gasteiger partial charge in [-0.1, -0.05) is 337 Å². The SMILES string of the molecule is CC/C=C\C/C=C\C/C=C\C/C=C\C/C=C\CCCCCCCCCCCCCCCCCCCCCCCC(=O)NC(COC1OC(CO)C(OC2OC(CO)C(OC3OC(CO)C(O)C(O)C3O)C(O)C2O)C(O)C1O)C(O)/C=C/CCCCCCCCCCCCCCCCCCCCCCC. The Morgan fingerprint density at radius 1 is 0.352 bits per heavy atom. The first-order valence-corrected chi connectivity index (χ1v) is 42.7. The van der Waals surface area contributed by atoms with Crippen LogP contribution in [0, 0.1) is 0 Å². The van der Waals surface area contributed by atoms with Crippen LogP contribution >= 0.6 is 0 Å². The van der Waals surface area contributed by atoms with Gasteiger partial charge < -0.3 is 89.9 Å². The molecule has 17 unspecified atom stereocenters. The van der Waals surface area contributed by atoms with Gasteiger partial charge in [-0.05, 0) is 64.2 Å². The van der Waals surface area contributed by atoms with Crippen LogP contribution in [0.5, 0.6) is 0 Å². The highest BCUT2D eigenvalue weighted by atomic mass is 16.8. The third-order valence-electron chi connectivity index (χ3n) is 21.0. The lowest BCUT2D eigenvalue weighted by Crippen LogP contribution is -2.66. The number of ether oxygens (including phenoxy) is 6. The fourth-order valence-electron chi connectivity index (χ4n) is 14.2. The van der Waals surface area contributed by atoms with Crippen molar-refractivity contribution >= 4 is 5.91 Å². The van der Waals surface area contributed by atoms with Crippen LogP contribution in [0.3, 0.4) is 0 Å². The first kappa shape index (κ1) is 96.4. The molecule has 19 nitrogen and oxygen atoms in total. The van der Waals surface area contributed by atoms with E-state index in [2.05, 4.69) is 79.9 Å². The summed E-state index contributed by atoms with van der Waals surface area (Å²) in [5.74, 6) is -0.270. The summed E-state index contributed by atoms with van der Waals surface area (Å²) >= 11 is 0. The molecule has 3 heterocycles. The molecule has 0 aromatic heterocycles. The largest absolute Gasteiger partial charge is 0.394 e. The Hall–Kier alpha value is -2.77. The van der Waals surface area contributed by atoms with Gasteiger partial charge in [-0.25, -0.2) is 0 Å². The van der Waals surface area contributed by atoms with E-state index >= 15 is 0 Å². The molecule has 3 aliphatic rings. The zero-order valence-electron chi connectivity index (χ0n) is 65.7. The van der Waals surface area contributed by atoms with Crippen molar-refractivity contribution < 1.29 is 89.4 Å². The predicted octanol–water partition coefficient (Wildman–Crippen LogP) is 15.2. The van der Waals surface area contributed by atoms with Crippen LogP contribution in [0.25, 0.3) is 0 Å². The maximum atomic E-state index is 13.5. The second-order valence-electron chi connectivity index (χ2n) is 30.3. The van der Waals surface area contributed by atoms with E-state index in [4.69, 9.17) is 28.4 Å². The van der Waals surface area contributed by atoms with E-state index in [0.717, 1.165) is 77.0 Å². The van der Waals surface area contributed by atoms with E-state index in [1.807, 2.05) is 6.08 Å². The van der Waals surface area contributed by atoms with E-state index in [1.54, 1.807) is 6.08 Å². The molecule has 0 spiro atoms. The minimum atomic E-state index is -1.98. The molecule has 1 amide bonds. The van der Waals surface area contributed by atoms with Gasteiger partial charge in [-0.2, -0.15) is 0 Å². The van der Waals surface area contributed by atoms with Crippen LogP contribution in [-0.4, -0.2) is 193 Å². The number of carbonyl (C=O) groups is 1. The summed E-state index contributed by atoms with van der Waals surface area (Å²) in [6, 6.07) is -0.975. The van der Waals surface area contributed by atoms with Crippen molar-refractivity contribution in [3.05, 3.63) is 72.9 Å². The number of rotatable bonds is 68. The number of aliphatic hydroxyl groups excluding tert-OH is 11. The number of hydrogen-bond acceptors (Lipinski definition) is 18. The normalized spacial score (nSPS) is 26.1. The molecule has 0 aromatic rings. The molecule has 3 saturated heterocycles. The van der Waals surface area contributed by atoms with Gasteiger partial charge in [-0.3, -0.25) is 4.79 Å². The predicted molar refractivity (Wildman–Crippen MR) is 420 cm³/mol. The summed E-state index contributed by atoms with van der Waals surface area (Å²) in [6.45, 7) is 1.67. The first-order chi connectivity index (χ1) is 51.3. The van der Waals surface area contributed by atoms with Crippen LogP contribution in [0.4, 0.5) is 0 Å². The number of aliphatic hydroxyl groups is 11. The van der Waals surface area contributed by atoms with E-state index < -0.39 is 124 Å². The van der Waals surface area contributed by atoms with Crippen molar-refractivity contribution in [3.63, 3.8) is 0 Å². The Balaban J connectivity index is 1.33. The monoisotopic (exact) mass is 1490 g/mol. The minimum absolute atomic E-state index is 0.245. The van der Waals surface area contributed by atoms with Crippen LogP contribution < -0.4 is 5.32 Å². The summed E-state index contributed by atoms with van der Waals surface area (Å²) in [4.78, 5) is 13.5. The maximum absolute atomic E-state index is 13.5. The summed E-state index contributed by atoms with van der Waals surface area (Å²) in [6.07, 6.45) is 60.4. The maximum Gasteiger partial charge on any atom is 0.220 e. The molecule has 0 bridgehead atoms.